The predicted octanol–water partition coefficient (Wildman–Crippen LogP) is 3.40. The van der Waals surface area contributed by atoms with Crippen molar-refractivity contribution in [3.8, 4) is 17.5 Å². The molecule has 3 aromatic rings. The van der Waals surface area contributed by atoms with Gasteiger partial charge < -0.3 is 0 Å². The Labute approximate surface area is 106 Å². The minimum Gasteiger partial charge on any atom is -0.286 e. The topological polar surface area (TPSA) is 17.8 Å². The summed E-state index contributed by atoms with van der Waals surface area (Å²) in [6.07, 6.45) is 0. The summed E-state index contributed by atoms with van der Waals surface area (Å²) in [6, 6.07) is 18.3. The van der Waals surface area contributed by atoms with Gasteiger partial charge in [-0.1, -0.05) is 36.3 Å². The molecular formula is C16H12N2. The predicted molar refractivity (Wildman–Crippen MR) is 73.6 cm³/mol. The third-order valence-electron chi connectivity index (χ3n) is 2.81. The molecule has 0 amide bonds. The zero-order valence-corrected chi connectivity index (χ0v) is 10.1. The Balaban J connectivity index is 2.37. The van der Waals surface area contributed by atoms with E-state index in [2.05, 4.69) is 39.6 Å². The Morgan fingerprint density at radius 3 is 2.44 bits per heavy atom. The normalized spacial score (nSPS) is 10.1. The first-order valence-electron chi connectivity index (χ1n) is 5.86. The summed E-state index contributed by atoms with van der Waals surface area (Å²) >= 11 is 0. The fourth-order valence-electron chi connectivity index (χ4n) is 2.06. The van der Waals surface area contributed by atoms with Crippen LogP contribution in [-0.4, -0.2) is 9.55 Å². The average Bonchev–Trinajstić information content (AvgIpc) is 2.78. The van der Waals surface area contributed by atoms with E-state index in [4.69, 9.17) is 0 Å². The number of hydrogen-bond acceptors (Lipinski definition) is 1. The summed E-state index contributed by atoms with van der Waals surface area (Å²) in [5, 5.41) is 0. The fraction of sp³-hybridized carbons (Fsp3) is 0.0625. The molecule has 0 aliphatic rings. The molecule has 2 heteroatoms. The summed E-state index contributed by atoms with van der Waals surface area (Å²) in [6.45, 7) is 1.83. The molecule has 0 aliphatic carbocycles. The quantitative estimate of drug-likeness (QED) is 0.588. The van der Waals surface area contributed by atoms with E-state index in [1.165, 1.54) is 0 Å². The fourth-order valence-corrected chi connectivity index (χ4v) is 2.06. The van der Waals surface area contributed by atoms with Gasteiger partial charge in [0.05, 0.1) is 11.0 Å². The molecule has 0 spiro atoms. The third-order valence-corrected chi connectivity index (χ3v) is 2.81. The highest BCUT2D eigenvalue weighted by molar-refractivity contribution is 5.79. The van der Waals surface area contributed by atoms with Crippen LogP contribution < -0.4 is 0 Å². The molecule has 18 heavy (non-hydrogen) atoms. The van der Waals surface area contributed by atoms with Crippen LogP contribution in [-0.2, 0) is 0 Å². The van der Waals surface area contributed by atoms with Gasteiger partial charge in [-0.25, -0.2) is 4.98 Å². The Hall–Kier alpha value is -2.53. The number of fused-ring (bicyclic) bond motifs is 1. The smallest absolute Gasteiger partial charge is 0.191 e. The lowest BCUT2D eigenvalue weighted by Gasteiger charge is -2.05. The van der Waals surface area contributed by atoms with E-state index in [0.717, 1.165) is 22.5 Å². The summed E-state index contributed by atoms with van der Waals surface area (Å²) in [4.78, 5) is 4.57. The van der Waals surface area contributed by atoms with Crippen molar-refractivity contribution in [1.82, 2.24) is 9.55 Å². The van der Waals surface area contributed by atoms with E-state index in [9.17, 15) is 0 Å². The first kappa shape index (κ1) is 10.6. The molecule has 1 heterocycles. The van der Waals surface area contributed by atoms with E-state index in [-0.39, 0.29) is 0 Å². The second-order valence-electron chi connectivity index (χ2n) is 3.97. The Morgan fingerprint density at radius 1 is 0.944 bits per heavy atom. The van der Waals surface area contributed by atoms with Crippen LogP contribution >= 0.6 is 0 Å². The maximum absolute atomic E-state index is 4.57. The van der Waals surface area contributed by atoms with Crippen LogP contribution in [0, 0.1) is 11.8 Å². The minimum absolute atomic E-state index is 0.782. The van der Waals surface area contributed by atoms with Gasteiger partial charge in [-0.05, 0) is 37.1 Å². The molecule has 0 aliphatic heterocycles. The number of nitrogens with zero attached hydrogens (tertiary/aromatic N) is 2. The molecule has 0 radical (unpaired) electrons. The number of benzene rings is 2. The van der Waals surface area contributed by atoms with Gasteiger partial charge in [0, 0.05) is 5.69 Å². The van der Waals surface area contributed by atoms with E-state index < -0.39 is 0 Å². The maximum atomic E-state index is 4.57. The van der Waals surface area contributed by atoms with Gasteiger partial charge in [-0.3, -0.25) is 4.57 Å². The van der Waals surface area contributed by atoms with Crippen molar-refractivity contribution >= 4 is 11.0 Å². The molecular weight excluding hydrogens is 220 g/mol. The van der Waals surface area contributed by atoms with Crippen molar-refractivity contribution in [2.75, 3.05) is 0 Å². The van der Waals surface area contributed by atoms with E-state index in [1.54, 1.807) is 0 Å². The molecule has 2 nitrogen and oxygen atoms in total. The molecule has 0 N–H and O–H groups in total. The molecule has 0 unspecified atom stereocenters. The number of imidazole rings is 1. The zero-order chi connectivity index (χ0) is 12.4. The number of aromatic nitrogens is 2. The molecule has 0 fully saturated rings. The van der Waals surface area contributed by atoms with Crippen LogP contribution in [0.15, 0.2) is 54.6 Å². The highest BCUT2D eigenvalue weighted by Gasteiger charge is 2.09. The maximum Gasteiger partial charge on any atom is 0.191 e. The van der Waals surface area contributed by atoms with Crippen molar-refractivity contribution in [1.29, 1.82) is 0 Å². The third kappa shape index (κ3) is 1.66. The SMILES string of the molecule is CC#Cc1nc2ccccc2n1-c1ccccc1. The van der Waals surface area contributed by atoms with Gasteiger partial charge in [0.15, 0.2) is 5.82 Å². The highest BCUT2D eigenvalue weighted by Crippen LogP contribution is 2.20. The molecule has 2 aromatic carbocycles. The van der Waals surface area contributed by atoms with Crippen molar-refractivity contribution in [2.24, 2.45) is 0 Å². The second kappa shape index (κ2) is 4.38. The van der Waals surface area contributed by atoms with Crippen LogP contribution in [0.25, 0.3) is 16.7 Å². The number of hydrogen-bond donors (Lipinski definition) is 0. The second-order valence-corrected chi connectivity index (χ2v) is 3.97. The molecule has 86 valence electrons. The summed E-state index contributed by atoms with van der Waals surface area (Å²) < 4.78 is 2.09. The minimum atomic E-state index is 0.782. The molecule has 0 saturated heterocycles. The first-order valence-corrected chi connectivity index (χ1v) is 5.86. The molecule has 0 bridgehead atoms. The Morgan fingerprint density at radius 2 is 1.67 bits per heavy atom. The summed E-state index contributed by atoms with van der Waals surface area (Å²) in [5.74, 6) is 6.77. The summed E-state index contributed by atoms with van der Waals surface area (Å²) in [5.41, 5.74) is 3.14. The standard InChI is InChI=1S/C16H12N2/c1-2-8-16-17-14-11-6-7-12-15(14)18(16)13-9-4-3-5-10-13/h3-7,9-12H,1H3. The molecule has 3 rings (SSSR count). The van der Waals surface area contributed by atoms with Crippen molar-refractivity contribution in [2.45, 2.75) is 6.92 Å². The lowest BCUT2D eigenvalue weighted by Crippen LogP contribution is -1.97. The molecule has 0 saturated carbocycles. The van der Waals surface area contributed by atoms with Gasteiger partial charge in [-0.15, -0.1) is 0 Å². The molecule has 0 atom stereocenters. The zero-order valence-electron chi connectivity index (χ0n) is 10.1. The highest BCUT2D eigenvalue weighted by atomic mass is 15.1. The Bertz CT molecular complexity index is 743. The summed E-state index contributed by atoms with van der Waals surface area (Å²) in [7, 11) is 0. The lowest BCUT2D eigenvalue weighted by molar-refractivity contribution is 1.06. The van der Waals surface area contributed by atoms with Crippen molar-refractivity contribution in [3.05, 3.63) is 60.4 Å². The van der Waals surface area contributed by atoms with Gasteiger partial charge in [0.1, 0.15) is 0 Å². The number of para-hydroxylation sites is 3. The van der Waals surface area contributed by atoms with Crippen molar-refractivity contribution in [3.63, 3.8) is 0 Å². The van der Waals surface area contributed by atoms with Gasteiger partial charge in [0.2, 0.25) is 0 Å². The largest absolute Gasteiger partial charge is 0.286 e. The van der Waals surface area contributed by atoms with Crippen LogP contribution in [0.1, 0.15) is 12.7 Å². The van der Waals surface area contributed by atoms with Gasteiger partial charge in [0.25, 0.3) is 0 Å². The van der Waals surface area contributed by atoms with Crippen LogP contribution in [0.3, 0.4) is 0 Å². The monoisotopic (exact) mass is 232 g/mol. The van der Waals surface area contributed by atoms with Gasteiger partial charge in [-0.2, -0.15) is 0 Å². The Kier molecular flexibility index (Phi) is 2.59. The van der Waals surface area contributed by atoms with E-state index in [0.29, 0.717) is 0 Å². The van der Waals surface area contributed by atoms with E-state index >= 15 is 0 Å². The van der Waals surface area contributed by atoms with Crippen LogP contribution in [0.2, 0.25) is 0 Å². The lowest BCUT2D eigenvalue weighted by atomic mass is 10.3. The van der Waals surface area contributed by atoms with Crippen LogP contribution in [0.5, 0.6) is 0 Å². The van der Waals surface area contributed by atoms with Crippen LogP contribution in [0.4, 0.5) is 0 Å². The van der Waals surface area contributed by atoms with E-state index in [1.807, 2.05) is 43.3 Å². The molecule has 1 aromatic heterocycles. The van der Waals surface area contributed by atoms with Gasteiger partial charge >= 0.3 is 0 Å². The first-order chi connectivity index (χ1) is 8.90. The average molecular weight is 232 g/mol. The number of rotatable bonds is 1. The van der Waals surface area contributed by atoms with Crippen molar-refractivity contribution < 1.29 is 0 Å².